The van der Waals surface area contributed by atoms with Crippen molar-refractivity contribution < 1.29 is 38.2 Å². The number of ketones is 2. The fourth-order valence-corrected chi connectivity index (χ4v) is 6.66. The van der Waals surface area contributed by atoms with E-state index in [4.69, 9.17) is 25.5 Å². The van der Waals surface area contributed by atoms with Gasteiger partial charge in [-0.15, -0.1) is 0 Å². The van der Waals surface area contributed by atoms with Crippen LogP contribution in [0.25, 0.3) is 5.76 Å². The fraction of sp³-hybridized carbons (Fsp3) is 0.567. The number of anilines is 1. The molecule has 0 aliphatic heterocycles. The van der Waals surface area contributed by atoms with E-state index in [1.165, 1.54) is 0 Å². The summed E-state index contributed by atoms with van der Waals surface area (Å²) in [5.41, 5.74) is 9.45. The van der Waals surface area contributed by atoms with Crippen molar-refractivity contribution >= 4 is 23.0 Å². The zero-order chi connectivity index (χ0) is 30.5. The number of aromatic nitrogens is 1. The number of carbonyl (C=O) groups is 2. The molecule has 0 amide bonds. The number of ether oxygens (including phenoxy) is 2. The highest BCUT2D eigenvalue weighted by Crippen LogP contribution is 2.56. The maximum Gasteiger partial charge on any atom is 0.265 e. The van der Waals surface area contributed by atoms with Crippen LogP contribution >= 0.6 is 0 Å². The summed E-state index contributed by atoms with van der Waals surface area (Å²) >= 11 is 0. The molecule has 0 unspecified atom stereocenters. The van der Waals surface area contributed by atoms with E-state index in [9.17, 15) is 19.8 Å². The second-order valence-electron chi connectivity index (χ2n) is 11.6. The molecule has 1 fully saturated rings. The minimum atomic E-state index is -2.54. The topological polar surface area (TPSA) is 174 Å². The molecule has 228 valence electrons. The van der Waals surface area contributed by atoms with E-state index in [0.717, 1.165) is 12.8 Å². The van der Waals surface area contributed by atoms with Gasteiger partial charge in [-0.2, -0.15) is 0 Å². The molecule has 3 aliphatic rings. The molecule has 0 spiro atoms. The van der Waals surface area contributed by atoms with E-state index in [-0.39, 0.29) is 83.5 Å². The van der Waals surface area contributed by atoms with E-state index in [1.54, 1.807) is 19.0 Å². The van der Waals surface area contributed by atoms with Crippen molar-refractivity contribution in [1.82, 2.24) is 10.1 Å². The molecule has 2 aromatic rings. The molecule has 42 heavy (non-hydrogen) atoms. The number of nitrogens with zero attached hydrogens (tertiary/aromatic N) is 2. The molecule has 5 rings (SSSR count). The van der Waals surface area contributed by atoms with Crippen LogP contribution in [-0.2, 0) is 17.8 Å². The Bertz CT molecular complexity index is 1450. The van der Waals surface area contributed by atoms with Crippen LogP contribution in [0.1, 0.15) is 84.8 Å². The number of Topliss-reactive ketones (excluding diaryl/α,β-unsaturated/α-hetero) is 2. The lowest BCUT2D eigenvalue weighted by molar-refractivity contribution is -0.142. The minimum Gasteiger partial charge on any atom is -0.507 e. The number of hydrogen-bond acceptors (Lipinski definition) is 11. The average Bonchev–Trinajstić information content (AvgIpc) is 3.36. The first-order valence-electron chi connectivity index (χ1n) is 14.5. The Kier molecular flexibility index (Phi) is 8.08. The number of aliphatic hydroxyl groups excluding tert-OH is 1. The number of benzene rings is 1. The smallest absolute Gasteiger partial charge is 0.265 e. The third-order valence-corrected chi connectivity index (χ3v) is 8.80. The van der Waals surface area contributed by atoms with Crippen molar-refractivity contribution in [1.29, 1.82) is 0 Å². The third kappa shape index (κ3) is 4.30. The molecule has 11 nitrogen and oxygen atoms in total. The lowest BCUT2D eigenvalue weighted by Crippen LogP contribution is -2.63. The number of unbranched alkanes of at least 4 members (excludes halogenated alkanes) is 2. The third-order valence-electron chi connectivity index (χ3n) is 8.80. The summed E-state index contributed by atoms with van der Waals surface area (Å²) in [6.45, 7) is 4.29. The van der Waals surface area contributed by atoms with Crippen LogP contribution in [0.4, 0.5) is 10.1 Å². The number of nitrogen functional groups attached to an aromatic ring is 1. The van der Waals surface area contributed by atoms with Gasteiger partial charge < -0.3 is 35.7 Å². The second-order valence-corrected chi connectivity index (χ2v) is 11.6. The maximum absolute atomic E-state index is 15.8. The van der Waals surface area contributed by atoms with Gasteiger partial charge in [0.1, 0.15) is 17.1 Å². The van der Waals surface area contributed by atoms with Crippen LogP contribution < -0.4 is 20.9 Å². The molecular formula is C30H39FN4O7. The Morgan fingerprint density at radius 2 is 1.79 bits per heavy atom. The molecule has 1 heterocycles. The van der Waals surface area contributed by atoms with Crippen molar-refractivity contribution in [2.75, 3.05) is 33.0 Å². The van der Waals surface area contributed by atoms with Crippen LogP contribution in [-0.4, -0.2) is 64.7 Å². The zero-order valence-electron chi connectivity index (χ0n) is 24.5. The van der Waals surface area contributed by atoms with Crippen LogP contribution in [0, 0.1) is 17.7 Å². The second kappa shape index (κ2) is 11.3. The van der Waals surface area contributed by atoms with Crippen LogP contribution in [0.15, 0.2) is 10.1 Å². The van der Waals surface area contributed by atoms with Crippen LogP contribution in [0.5, 0.6) is 11.6 Å². The lowest BCUT2D eigenvalue weighted by Gasteiger charge is -2.49. The van der Waals surface area contributed by atoms with E-state index in [0.29, 0.717) is 12.8 Å². The van der Waals surface area contributed by atoms with E-state index < -0.39 is 46.6 Å². The van der Waals surface area contributed by atoms with Gasteiger partial charge in [0.05, 0.1) is 30.5 Å². The van der Waals surface area contributed by atoms with Gasteiger partial charge in [0.2, 0.25) is 11.6 Å². The Labute approximate surface area is 243 Å². The number of aliphatic hydroxyl groups is 2. The van der Waals surface area contributed by atoms with Gasteiger partial charge in [-0.05, 0) is 50.9 Å². The summed E-state index contributed by atoms with van der Waals surface area (Å²) in [5, 5.41) is 27.7. The molecule has 0 saturated heterocycles. The summed E-state index contributed by atoms with van der Waals surface area (Å²) in [5.74, 6) is -4.58. The van der Waals surface area contributed by atoms with E-state index in [1.807, 2.05) is 13.8 Å². The molecule has 0 bridgehead atoms. The molecule has 1 saturated carbocycles. The molecule has 4 atom stereocenters. The number of nitrogens with two attached hydrogens (primary N) is 2. The van der Waals surface area contributed by atoms with Gasteiger partial charge in [0.25, 0.3) is 5.88 Å². The fourth-order valence-electron chi connectivity index (χ4n) is 6.66. The highest BCUT2D eigenvalue weighted by atomic mass is 19.1. The largest absolute Gasteiger partial charge is 0.507 e. The average molecular weight is 587 g/mol. The summed E-state index contributed by atoms with van der Waals surface area (Å²) in [7, 11) is 3.48. The highest BCUT2D eigenvalue weighted by molar-refractivity contribution is 6.26. The van der Waals surface area contributed by atoms with Crippen molar-refractivity contribution in [3.05, 3.63) is 39.4 Å². The summed E-state index contributed by atoms with van der Waals surface area (Å²) in [6.07, 6.45) is 3.13. The standard InChI is InChI=1S/C30H39FN4O7/c1-5-7-9-40-25-19-15(21(31)16(13-32)22(25)33)11-14-12-17-23(35(3)4)26-20(29(34-42-26)41-10-8-6-2)28(38)30(17,39)27(37)18(14)24(19)36/h14,17,23,36,39H,5-13,32-33H2,1-4H3/t14-,17-,23-,30-/m0/s1. The predicted molar refractivity (Wildman–Crippen MR) is 152 cm³/mol. The van der Waals surface area contributed by atoms with Crippen molar-refractivity contribution in [2.45, 2.75) is 70.6 Å². The zero-order valence-corrected chi connectivity index (χ0v) is 24.5. The Morgan fingerprint density at radius 1 is 1.12 bits per heavy atom. The van der Waals surface area contributed by atoms with Crippen molar-refractivity contribution in [3.63, 3.8) is 0 Å². The minimum absolute atomic E-state index is 0.0132. The molecule has 0 radical (unpaired) electrons. The normalized spacial score (nSPS) is 24.8. The first kappa shape index (κ1) is 30.0. The number of fused-ring (bicyclic) bond motifs is 4. The van der Waals surface area contributed by atoms with E-state index >= 15 is 4.39 Å². The lowest BCUT2D eigenvalue weighted by atomic mass is 9.57. The monoisotopic (exact) mass is 586 g/mol. The first-order valence-corrected chi connectivity index (χ1v) is 14.5. The predicted octanol–water partition coefficient (Wildman–Crippen LogP) is 3.47. The Balaban J connectivity index is 1.67. The highest BCUT2D eigenvalue weighted by Gasteiger charge is 2.65. The van der Waals surface area contributed by atoms with Gasteiger partial charge in [0, 0.05) is 29.2 Å². The van der Waals surface area contributed by atoms with Crippen LogP contribution in [0.2, 0.25) is 0 Å². The summed E-state index contributed by atoms with van der Waals surface area (Å²) in [6, 6.07) is -0.725. The molecule has 1 aromatic heterocycles. The van der Waals surface area contributed by atoms with Crippen molar-refractivity contribution in [3.8, 4) is 11.6 Å². The summed E-state index contributed by atoms with van der Waals surface area (Å²) in [4.78, 5) is 30.1. The van der Waals surface area contributed by atoms with Gasteiger partial charge in [0.15, 0.2) is 17.1 Å². The summed E-state index contributed by atoms with van der Waals surface area (Å²) < 4.78 is 33.1. The van der Waals surface area contributed by atoms with Gasteiger partial charge in [-0.3, -0.25) is 14.5 Å². The Morgan fingerprint density at radius 3 is 2.40 bits per heavy atom. The van der Waals surface area contributed by atoms with Gasteiger partial charge >= 0.3 is 0 Å². The molecule has 12 heteroatoms. The van der Waals surface area contributed by atoms with Crippen LogP contribution in [0.3, 0.4) is 0 Å². The molecular weight excluding hydrogens is 547 g/mol. The van der Waals surface area contributed by atoms with E-state index in [2.05, 4.69) is 5.16 Å². The quantitative estimate of drug-likeness (QED) is 0.182. The molecule has 3 aliphatic carbocycles. The SMILES string of the molecule is CCCCOc1noc2c1C(=O)[C@@]1(O)C(=O)C3=C(O)c4c(c(F)c(CN)c(N)c4OCCCC)C[C@H]3C[C@H]1[C@@H]2N(C)C. The first-order chi connectivity index (χ1) is 20.0. The Hall–Kier alpha value is -3.48. The number of hydrogen-bond donors (Lipinski definition) is 4. The molecule has 6 N–H and O–H groups in total. The number of halogens is 1. The maximum atomic E-state index is 15.8. The number of rotatable bonds is 10. The number of carbonyl (C=O) groups excluding carboxylic acids is 2. The molecule has 1 aromatic carbocycles. The van der Waals surface area contributed by atoms with Crippen molar-refractivity contribution in [2.24, 2.45) is 17.6 Å². The van der Waals surface area contributed by atoms with Gasteiger partial charge in [-0.1, -0.05) is 26.7 Å². The van der Waals surface area contributed by atoms with Gasteiger partial charge in [-0.25, -0.2) is 4.39 Å².